The Morgan fingerprint density at radius 3 is 1.29 bits per heavy atom. The summed E-state index contributed by atoms with van der Waals surface area (Å²) in [5, 5.41) is 43.1. The van der Waals surface area contributed by atoms with Gasteiger partial charge in [0.25, 0.3) is 0 Å². The number of carbonyl (C=O) groups excluding carboxylic acids is 10. The number of amides is 10. The fourth-order valence-corrected chi connectivity index (χ4v) is 16.0. The fraction of sp³-hybridized carbons (Fsp3) is 0.521. The first-order chi connectivity index (χ1) is 68.0. The van der Waals surface area contributed by atoms with Gasteiger partial charge in [0.1, 0.15) is 102 Å². The summed E-state index contributed by atoms with van der Waals surface area (Å²) in [5.74, 6) is -5.37. The molecule has 24 N–H and O–H groups in total. The van der Waals surface area contributed by atoms with E-state index >= 15 is 0 Å². The average Bonchev–Trinajstić information content (AvgIpc) is 1.58. The smallest absolute Gasteiger partial charge is 0.243 e. The van der Waals surface area contributed by atoms with Crippen LogP contribution in [0.1, 0.15) is 122 Å². The van der Waals surface area contributed by atoms with Crippen molar-refractivity contribution in [2.45, 2.75) is 172 Å². The molecule has 7 atom stereocenters. The zero-order valence-corrected chi connectivity index (χ0v) is 79.4. The van der Waals surface area contributed by atoms with Crippen LogP contribution in [-0.2, 0) is 89.5 Å². The summed E-state index contributed by atoms with van der Waals surface area (Å²) in [6.07, 6.45) is 5.88. The van der Waals surface area contributed by atoms with Crippen molar-refractivity contribution in [2.75, 3.05) is 139 Å². The van der Waals surface area contributed by atoms with Crippen LogP contribution in [0.2, 0.25) is 0 Å². The highest BCUT2D eigenvalue weighted by atomic mass is 16.6. The Balaban J connectivity index is 0.632. The zero-order valence-electron chi connectivity index (χ0n) is 79.4. The quantitative estimate of drug-likeness (QED) is 0.0145. The number of methoxy groups -OCH3 is 1. The lowest BCUT2D eigenvalue weighted by Crippen LogP contribution is -2.60. The van der Waals surface area contributed by atoms with E-state index in [1.54, 1.807) is 27.0 Å². The van der Waals surface area contributed by atoms with Crippen molar-refractivity contribution in [3.05, 3.63) is 96.8 Å². The Hall–Kier alpha value is -13.5. The highest BCUT2D eigenvalue weighted by Gasteiger charge is 2.39. The third-order valence-electron chi connectivity index (χ3n) is 23.3. The molecule has 46 heteroatoms. The van der Waals surface area contributed by atoms with Gasteiger partial charge >= 0.3 is 0 Å². The van der Waals surface area contributed by atoms with Gasteiger partial charge in [-0.25, -0.2) is 34.6 Å². The number of nitrogens with zero attached hydrogens (tertiary/aromatic N) is 10. The molecule has 0 radical (unpaired) electrons. The molecule has 0 aliphatic carbocycles. The number of benzene rings is 4. The number of aromatic nitrogens is 11. The van der Waals surface area contributed by atoms with Crippen LogP contribution in [0, 0.1) is 11.3 Å². The minimum Gasteiger partial charge on any atom is -0.490 e. The van der Waals surface area contributed by atoms with Gasteiger partial charge in [0.15, 0.2) is 29.3 Å². The van der Waals surface area contributed by atoms with E-state index in [1.807, 2.05) is 78.9 Å². The van der Waals surface area contributed by atoms with Crippen molar-refractivity contribution in [3.8, 4) is 57.1 Å². The number of H-pyrrole nitrogens is 2. The third kappa shape index (κ3) is 31.5. The summed E-state index contributed by atoms with van der Waals surface area (Å²) < 4.78 is 48.5. The van der Waals surface area contributed by atoms with E-state index < -0.39 is 120 Å². The molecule has 4 aromatic carbocycles. The number of nitrogens with one attached hydrogen (secondary N) is 12. The van der Waals surface area contributed by atoms with Gasteiger partial charge in [0, 0.05) is 52.9 Å². The molecule has 0 unspecified atom stereocenters. The van der Waals surface area contributed by atoms with Gasteiger partial charge in [-0.15, -0.1) is 5.10 Å². The number of primary amides is 1. The number of unbranched alkanes of at least 4 members (excludes halogenated alkanes) is 4. The van der Waals surface area contributed by atoms with Crippen molar-refractivity contribution in [3.63, 3.8) is 0 Å². The first kappa shape index (κ1) is 107. The molecule has 8 aromatic rings. The van der Waals surface area contributed by atoms with E-state index in [1.165, 1.54) is 15.8 Å². The Bertz CT molecular complexity index is 5680. The van der Waals surface area contributed by atoms with Crippen LogP contribution in [0.3, 0.4) is 0 Å². The molecule has 1 saturated heterocycles. The van der Waals surface area contributed by atoms with Crippen LogP contribution in [-0.4, -0.2) is 306 Å². The number of hydrogen-bond donors (Lipinski definition) is 18. The molecular formula is C94H132N28O18. The monoisotopic (exact) mass is 1940 g/mol. The molecule has 7 heterocycles. The molecule has 3 aliphatic heterocycles. The van der Waals surface area contributed by atoms with Crippen LogP contribution in [0.5, 0.6) is 11.5 Å². The van der Waals surface area contributed by atoms with E-state index in [0.717, 1.165) is 32.7 Å². The Morgan fingerprint density at radius 2 is 0.857 bits per heavy atom. The van der Waals surface area contributed by atoms with E-state index in [-0.39, 0.29) is 150 Å². The number of fused-ring (bicyclic) bond motifs is 20. The van der Waals surface area contributed by atoms with E-state index in [9.17, 15) is 47.9 Å². The minimum atomic E-state index is -1.32. The lowest BCUT2D eigenvalue weighted by atomic mass is 10.0. The standard InChI is InChI=1S/C94H132N28O18/c1-57(2)78(79(99)126)110-92(131)68(29-13-17-37-98)107-91(130)69(30-18-38-102-94(100)101)108-89(128)66(27-11-15-35-96)105-88(127)65(26-10-14-34-95)106-90(129)67(28-12-16-36-97)109-93(132)70-31-19-39-122(70)75(125)53-104-73(123)52-103-74(124)55-121-54-58(119-120-121)56-138-47-46-135-43-45-137-49-51-140-72-33-32-71(139-50-48-136-44-42-134-41-40-133-3)76-77(72)87-117-85-64-25-9-7-23-62(64)83(115-85)113-81-60-21-5-4-20-59(60)80(111-81)112-82-61-22-6-8-24-63(61)84(114-82)116-86(76)118-87/h4-9,20-25,32-33,54,57,65-70,78H,10-19,26-31,34-53,55-56,95-98H2,1-3H3,(H2,99,126)(H,103,124)(H,104,123)(H,105,127)(H,106,129)(H,107,130)(H,108,128)(H,109,132)(H,110,131)(H4,100,101,102)(H2,111,112,113,114,115,116,117,118)/t65-,66-,67-,68-,69-,70-,78-/m0/s1. The fourth-order valence-electron chi connectivity index (χ4n) is 16.0. The summed E-state index contributed by atoms with van der Waals surface area (Å²) >= 11 is 0. The van der Waals surface area contributed by atoms with Crippen molar-refractivity contribution in [2.24, 2.45) is 40.3 Å². The largest absolute Gasteiger partial charge is 0.490 e. The van der Waals surface area contributed by atoms with Crippen molar-refractivity contribution in [1.82, 2.24) is 108 Å². The second-order valence-electron chi connectivity index (χ2n) is 34.0. The lowest BCUT2D eigenvalue weighted by Gasteiger charge is -2.29. The average molecular weight is 1940 g/mol. The van der Waals surface area contributed by atoms with Gasteiger partial charge in [-0.2, -0.15) is 0 Å². The summed E-state index contributed by atoms with van der Waals surface area (Å²) in [6, 6.07) is 18.6. The highest BCUT2D eigenvalue weighted by Crippen LogP contribution is 2.47. The predicted molar refractivity (Wildman–Crippen MR) is 519 cm³/mol. The maximum atomic E-state index is 14.6. The highest BCUT2D eigenvalue weighted by molar-refractivity contribution is 6.07. The topological polar surface area (TPSA) is 676 Å². The number of aromatic amines is 2. The number of likely N-dealkylation sites (tertiary alicyclic amines) is 1. The minimum absolute atomic E-state index is 0.0353. The second kappa shape index (κ2) is 56.0. The first-order valence-corrected chi connectivity index (χ1v) is 47.6. The SMILES string of the molecule is COCCOCCOCCOc1ccc(OCCOCCOCCOCc2cn(CC(=O)NCC(=O)NCC(=O)N3CCC[C@H]3C(=O)N[C@@H](CCCCN)C(=O)N[C@@H](CCCCN)C(=O)N[C@@H](CCCCN)C(=O)N[C@@H](CCCNC(=N)N)C(=O)N[C@@H](CCCCN)C(=O)N[C@H](C(N)=O)C(C)C)nn2)c2c1-c1nc-2nc2[nH]c(nc3nc(nc4[nH]c(n1)c1ccccc41)-c1ccccc1-3)c1ccccc21. The van der Waals surface area contributed by atoms with Crippen LogP contribution in [0.25, 0.3) is 89.7 Å². The van der Waals surface area contributed by atoms with Crippen molar-refractivity contribution in [1.29, 1.82) is 5.41 Å². The molecule has 0 spiro atoms. The first-order valence-electron chi connectivity index (χ1n) is 47.6. The summed E-state index contributed by atoms with van der Waals surface area (Å²) in [4.78, 5) is 177. The number of carbonyl (C=O) groups is 10. The molecule has 0 saturated carbocycles. The van der Waals surface area contributed by atoms with E-state index in [0.29, 0.717) is 165 Å². The second-order valence-corrected chi connectivity index (χ2v) is 34.0. The number of ether oxygens (including phenoxy) is 8. The molecule has 10 amide bonds. The van der Waals surface area contributed by atoms with Crippen molar-refractivity contribution < 1.29 is 85.8 Å². The molecule has 756 valence electrons. The summed E-state index contributed by atoms with van der Waals surface area (Å²) in [5.41, 5.74) is 39.7. The number of guanidine groups is 1. The molecular weight excluding hydrogens is 1810 g/mol. The molecule has 11 rings (SSSR count). The molecule has 3 aliphatic rings. The number of nitrogens with two attached hydrogens (primary N) is 6. The number of rotatable bonds is 62. The molecule has 4 aromatic heterocycles. The molecule has 140 heavy (non-hydrogen) atoms. The maximum absolute atomic E-state index is 14.6. The normalized spacial score (nSPS) is 13.9. The van der Waals surface area contributed by atoms with Gasteiger partial charge in [0.2, 0.25) is 59.1 Å². The van der Waals surface area contributed by atoms with E-state index in [4.69, 9.17) is 108 Å². The van der Waals surface area contributed by atoms with Crippen LogP contribution in [0.4, 0.5) is 0 Å². The van der Waals surface area contributed by atoms with Gasteiger partial charge in [-0.05, 0) is 147 Å². The van der Waals surface area contributed by atoms with Crippen molar-refractivity contribution >= 4 is 109 Å². The maximum Gasteiger partial charge on any atom is 0.243 e. The predicted octanol–water partition coefficient (Wildman–Crippen LogP) is 1.20. The van der Waals surface area contributed by atoms with Gasteiger partial charge < -0.3 is 135 Å². The van der Waals surface area contributed by atoms with Crippen LogP contribution in [0.15, 0.2) is 91.1 Å². The number of hydrogen-bond acceptors (Lipinski definition) is 31. The van der Waals surface area contributed by atoms with Gasteiger partial charge in [-0.1, -0.05) is 91.9 Å². The Morgan fingerprint density at radius 1 is 0.457 bits per heavy atom. The van der Waals surface area contributed by atoms with Crippen LogP contribution < -0.4 is 91.7 Å². The summed E-state index contributed by atoms with van der Waals surface area (Å²) in [7, 11) is 1.62. The Kier molecular flexibility index (Phi) is 42.8. The zero-order chi connectivity index (χ0) is 99.7. The molecule has 8 bridgehead atoms. The Labute approximate surface area is 809 Å². The lowest BCUT2D eigenvalue weighted by molar-refractivity contribution is -0.140. The van der Waals surface area contributed by atoms with Crippen LogP contribution >= 0.6 is 0 Å². The third-order valence-corrected chi connectivity index (χ3v) is 23.3. The molecule has 1 fully saturated rings. The molecule has 46 nitrogen and oxygen atoms in total. The summed E-state index contributed by atoms with van der Waals surface area (Å²) in [6.45, 7) is 6.67. The van der Waals surface area contributed by atoms with Gasteiger partial charge in [0.05, 0.1) is 103 Å². The van der Waals surface area contributed by atoms with E-state index in [2.05, 4.69) is 68.1 Å². The van der Waals surface area contributed by atoms with Gasteiger partial charge in [-0.3, -0.25) is 53.4 Å².